The third-order valence-electron chi connectivity index (χ3n) is 3.02. The number of rotatable bonds is 2. The molecular weight excluding hydrogens is 224 g/mol. The van der Waals surface area contributed by atoms with Crippen LogP contribution in [0.5, 0.6) is 0 Å². The highest BCUT2D eigenvalue weighted by atomic mass is 16.3. The minimum atomic E-state index is 0.623. The lowest BCUT2D eigenvalue weighted by molar-refractivity contribution is 0.620. The first-order valence-electron chi connectivity index (χ1n) is 6.02. The Kier molecular flexibility index (Phi) is 2.52. The number of nitrogen functional groups attached to an aromatic ring is 1. The molecule has 90 valence electrons. The molecule has 0 saturated carbocycles. The van der Waals surface area contributed by atoms with Gasteiger partial charge in [-0.05, 0) is 36.2 Å². The van der Waals surface area contributed by atoms with E-state index in [4.69, 9.17) is 10.2 Å². The van der Waals surface area contributed by atoms with E-state index >= 15 is 0 Å². The number of fused-ring (bicyclic) bond motifs is 1. The van der Waals surface area contributed by atoms with Gasteiger partial charge in [-0.2, -0.15) is 0 Å². The van der Waals surface area contributed by atoms with Crippen molar-refractivity contribution in [3.05, 3.63) is 48.0 Å². The van der Waals surface area contributed by atoms with Gasteiger partial charge in [0.15, 0.2) is 5.58 Å². The predicted molar refractivity (Wildman–Crippen MR) is 73.2 cm³/mol. The molecule has 1 heterocycles. The fraction of sp³-hybridized carbons (Fsp3) is 0.133. The van der Waals surface area contributed by atoms with Crippen LogP contribution in [0.1, 0.15) is 12.5 Å². The van der Waals surface area contributed by atoms with Crippen molar-refractivity contribution in [3.63, 3.8) is 0 Å². The largest absolute Gasteiger partial charge is 0.436 e. The normalized spacial score (nSPS) is 10.9. The summed E-state index contributed by atoms with van der Waals surface area (Å²) in [5.74, 6) is 0.623. The minimum absolute atomic E-state index is 0.623. The number of aromatic nitrogens is 1. The van der Waals surface area contributed by atoms with Gasteiger partial charge in [0.25, 0.3) is 0 Å². The Morgan fingerprint density at radius 2 is 2.00 bits per heavy atom. The van der Waals surface area contributed by atoms with Gasteiger partial charge in [-0.3, -0.25) is 0 Å². The van der Waals surface area contributed by atoms with Crippen LogP contribution in [0.3, 0.4) is 0 Å². The SMILES string of the molecule is CCc1cccc2oc(-c3cccc(N)c3)nc12. The van der Waals surface area contributed by atoms with E-state index in [0.717, 1.165) is 23.1 Å². The Morgan fingerprint density at radius 1 is 1.17 bits per heavy atom. The first kappa shape index (κ1) is 10.8. The van der Waals surface area contributed by atoms with Crippen molar-refractivity contribution >= 4 is 16.8 Å². The maximum atomic E-state index is 5.78. The predicted octanol–water partition coefficient (Wildman–Crippen LogP) is 3.64. The number of nitrogens with two attached hydrogens (primary N) is 1. The van der Waals surface area contributed by atoms with E-state index in [1.165, 1.54) is 5.56 Å². The lowest BCUT2D eigenvalue weighted by Gasteiger charge is -1.96. The number of benzene rings is 2. The summed E-state index contributed by atoms with van der Waals surface area (Å²) in [7, 11) is 0. The van der Waals surface area contributed by atoms with Crippen LogP contribution in [0.15, 0.2) is 46.9 Å². The van der Waals surface area contributed by atoms with Crippen LogP contribution >= 0.6 is 0 Å². The van der Waals surface area contributed by atoms with Gasteiger partial charge in [0.05, 0.1) is 0 Å². The van der Waals surface area contributed by atoms with Gasteiger partial charge < -0.3 is 10.2 Å². The summed E-state index contributed by atoms with van der Waals surface area (Å²) in [6.45, 7) is 2.11. The molecule has 18 heavy (non-hydrogen) atoms. The number of aryl methyl sites for hydroxylation is 1. The molecule has 0 saturated heterocycles. The number of anilines is 1. The van der Waals surface area contributed by atoms with Gasteiger partial charge >= 0.3 is 0 Å². The van der Waals surface area contributed by atoms with E-state index in [2.05, 4.69) is 18.0 Å². The Morgan fingerprint density at radius 3 is 2.78 bits per heavy atom. The van der Waals surface area contributed by atoms with Crippen LogP contribution in [0.25, 0.3) is 22.6 Å². The summed E-state index contributed by atoms with van der Waals surface area (Å²) in [4.78, 5) is 4.57. The van der Waals surface area contributed by atoms with Gasteiger partial charge in [0, 0.05) is 11.3 Å². The smallest absolute Gasteiger partial charge is 0.227 e. The van der Waals surface area contributed by atoms with Crippen LogP contribution in [0.2, 0.25) is 0 Å². The molecule has 0 radical (unpaired) electrons. The lowest BCUT2D eigenvalue weighted by atomic mass is 10.1. The van der Waals surface area contributed by atoms with Crippen LogP contribution in [-0.4, -0.2) is 4.98 Å². The van der Waals surface area contributed by atoms with Crippen LogP contribution in [0.4, 0.5) is 5.69 Å². The van der Waals surface area contributed by atoms with Gasteiger partial charge in [0.1, 0.15) is 5.52 Å². The molecule has 0 bridgehead atoms. The molecule has 0 fully saturated rings. The molecule has 0 aliphatic carbocycles. The van der Waals surface area contributed by atoms with E-state index in [1.807, 2.05) is 36.4 Å². The Hall–Kier alpha value is -2.29. The molecule has 0 spiro atoms. The second-order valence-electron chi connectivity index (χ2n) is 4.26. The molecule has 0 aliphatic rings. The topological polar surface area (TPSA) is 52.0 Å². The molecule has 3 aromatic rings. The monoisotopic (exact) mass is 238 g/mol. The van der Waals surface area contributed by atoms with E-state index in [-0.39, 0.29) is 0 Å². The summed E-state index contributed by atoms with van der Waals surface area (Å²) in [5, 5.41) is 0. The molecule has 3 rings (SSSR count). The highest BCUT2D eigenvalue weighted by molar-refractivity contribution is 5.79. The van der Waals surface area contributed by atoms with E-state index in [9.17, 15) is 0 Å². The molecule has 0 atom stereocenters. The van der Waals surface area contributed by atoms with E-state index in [0.29, 0.717) is 11.6 Å². The van der Waals surface area contributed by atoms with Crippen molar-refractivity contribution in [1.29, 1.82) is 0 Å². The Balaban J connectivity index is 2.19. The van der Waals surface area contributed by atoms with Crippen molar-refractivity contribution in [3.8, 4) is 11.5 Å². The third kappa shape index (κ3) is 1.74. The van der Waals surface area contributed by atoms with Crippen molar-refractivity contribution in [2.45, 2.75) is 13.3 Å². The van der Waals surface area contributed by atoms with Gasteiger partial charge in [-0.15, -0.1) is 0 Å². The number of hydrogen-bond acceptors (Lipinski definition) is 3. The molecule has 0 amide bonds. The first-order chi connectivity index (χ1) is 8.78. The molecule has 0 aliphatic heterocycles. The molecular formula is C15H14N2O. The zero-order chi connectivity index (χ0) is 12.5. The average molecular weight is 238 g/mol. The second-order valence-corrected chi connectivity index (χ2v) is 4.26. The summed E-state index contributed by atoms with van der Waals surface area (Å²) in [6.07, 6.45) is 0.945. The molecule has 2 N–H and O–H groups in total. The highest BCUT2D eigenvalue weighted by Gasteiger charge is 2.10. The van der Waals surface area contributed by atoms with E-state index < -0.39 is 0 Å². The Bertz CT molecular complexity index is 701. The average Bonchev–Trinajstić information content (AvgIpc) is 2.82. The lowest BCUT2D eigenvalue weighted by Crippen LogP contribution is -1.85. The molecule has 3 heteroatoms. The zero-order valence-corrected chi connectivity index (χ0v) is 10.2. The number of nitrogens with zero attached hydrogens (tertiary/aromatic N) is 1. The fourth-order valence-corrected chi connectivity index (χ4v) is 2.09. The number of para-hydroxylation sites is 1. The van der Waals surface area contributed by atoms with Crippen molar-refractivity contribution in [2.24, 2.45) is 0 Å². The first-order valence-corrected chi connectivity index (χ1v) is 6.02. The highest BCUT2D eigenvalue weighted by Crippen LogP contribution is 2.27. The minimum Gasteiger partial charge on any atom is -0.436 e. The van der Waals surface area contributed by atoms with Gasteiger partial charge in [0.2, 0.25) is 5.89 Å². The fourth-order valence-electron chi connectivity index (χ4n) is 2.09. The summed E-state index contributed by atoms with van der Waals surface area (Å²) >= 11 is 0. The van der Waals surface area contributed by atoms with Crippen LogP contribution in [-0.2, 0) is 6.42 Å². The summed E-state index contributed by atoms with van der Waals surface area (Å²) < 4.78 is 5.78. The molecule has 3 nitrogen and oxygen atoms in total. The zero-order valence-electron chi connectivity index (χ0n) is 10.2. The van der Waals surface area contributed by atoms with Gasteiger partial charge in [-0.1, -0.05) is 25.1 Å². The van der Waals surface area contributed by atoms with Crippen molar-refractivity contribution in [1.82, 2.24) is 4.98 Å². The standard InChI is InChI=1S/C15H14N2O/c1-2-10-5-4-8-13-14(10)17-15(18-13)11-6-3-7-12(16)9-11/h3-9H,2,16H2,1H3. The maximum Gasteiger partial charge on any atom is 0.227 e. The van der Waals surface area contributed by atoms with Crippen molar-refractivity contribution in [2.75, 3.05) is 5.73 Å². The van der Waals surface area contributed by atoms with E-state index in [1.54, 1.807) is 0 Å². The van der Waals surface area contributed by atoms with Crippen LogP contribution in [0, 0.1) is 0 Å². The quantitative estimate of drug-likeness (QED) is 0.693. The second kappa shape index (κ2) is 4.18. The summed E-state index contributed by atoms with van der Waals surface area (Å²) in [6, 6.07) is 13.6. The third-order valence-corrected chi connectivity index (χ3v) is 3.02. The molecule has 2 aromatic carbocycles. The summed E-state index contributed by atoms with van der Waals surface area (Å²) in [5.41, 5.74) is 10.4. The molecule has 0 unspecified atom stereocenters. The van der Waals surface area contributed by atoms with Gasteiger partial charge in [-0.25, -0.2) is 4.98 Å². The maximum absolute atomic E-state index is 5.78. The number of oxazole rings is 1. The number of hydrogen-bond donors (Lipinski definition) is 1. The Labute approximate surface area is 105 Å². The van der Waals surface area contributed by atoms with Crippen LogP contribution < -0.4 is 5.73 Å². The van der Waals surface area contributed by atoms with Crippen molar-refractivity contribution < 1.29 is 4.42 Å². The molecule has 1 aromatic heterocycles.